The second-order valence-corrected chi connectivity index (χ2v) is 4.24. The van der Waals surface area contributed by atoms with Gasteiger partial charge < -0.3 is 4.90 Å². The van der Waals surface area contributed by atoms with E-state index in [0.717, 1.165) is 11.7 Å². The maximum atomic E-state index is 4.24. The Morgan fingerprint density at radius 2 is 2.33 bits per heavy atom. The Morgan fingerprint density at radius 3 is 3.00 bits per heavy atom. The lowest BCUT2D eigenvalue weighted by Crippen LogP contribution is -2.35. The Balaban J connectivity index is 2.16. The van der Waals surface area contributed by atoms with Crippen molar-refractivity contribution < 1.29 is 0 Å². The molecule has 72 valence electrons. The maximum Gasteiger partial charge on any atom is 0.000957 e. The van der Waals surface area contributed by atoms with Gasteiger partial charge in [0, 0.05) is 6.54 Å². The summed E-state index contributed by atoms with van der Waals surface area (Å²) in [6.07, 6.45) is 5.47. The van der Waals surface area contributed by atoms with Gasteiger partial charge in [-0.2, -0.15) is 12.6 Å². The molecule has 1 saturated heterocycles. The van der Waals surface area contributed by atoms with Crippen molar-refractivity contribution in [3.63, 3.8) is 0 Å². The van der Waals surface area contributed by atoms with Crippen molar-refractivity contribution in [1.82, 2.24) is 4.90 Å². The highest BCUT2D eigenvalue weighted by molar-refractivity contribution is 7.80. The van der Waals surface area contributed by atoms with Crippen LogP contribution in [0, 0.1) is 5.92 Å². The van der Waals surface area contributed by atoms with E-state index in [9.17, 15) is 0 Å². The minimum absolute atomic E-state index is 0.971. The zero-order chi connectivity index (χ0) is 8.81. The molecule has 0 bridgehead atoms. The standard InChI is InChI=1S/C10H21NS/c1-2-10-5-3-6-11(9-10)7-4-8-12/h10,12H,2-9H2,1H3. The molecular weight excluding hydrogens is 166 g/mol. The smallest absolute Gasteiger partial charge is 0.000957 e. The summed E-state index contributed by atoms with van der Waals surface area (Å²) in [5, 5.41) is 0. The zero-order valence-corrected chi connectivity index (χ0v) is 9.02. The molecule has 0 aromatic carbocycles. The number of hydrogen-bond acceptors (Lipinski definition) is 2. The summed E-state index contributed by atoms with van der Waals surface area (Å²) >= 11 is 4.24. The van der Waals surface area contributed by atoms with Crippen molar-refractivity contribution >= 4 is 12.6 Å². The molecule has 12 heavy (non-hydrogen) atoms. The van der Waals surface area contributed by atoms with E-state index < -0.39 is 0 Å². The summed E-state index contributed by atoms with van der Waals surface area (Å²) in [4.78, 5) is 2.61. The van der Waals surface area contributed by atoms with Gasteiger partial charge in [-0.05, 0) is 44.0 Å². The van der Waals surface area contributed by atoms with Gasteiger partial charge in [-0.1, -0.05) is 13.3 Å². The molecule has 1 unspecified atom stereocenters. The number of nitrogens with zero attached hydrogens (tertiary/aromatic N) is 1. The monoisotopic (exact) mass is 187 g/mol. The minimum Gasteiger partial charge on any atom is -0.303 e. The number of rotatable bonds is 4. The average molecular weight is 187 g/mol. The van der Waals surface area contributed by atoms with Gasteiger partial charge in [-0.15, -0.1) is 0 Å². The van der Waals surface area contributed by atoms with Gasteiger partial charge in [0.2, 0.25) is 0 Å². The van der Waals surface area contributed by atoms with E-state index in [1.165, 1.54) is 45.3 Å². The summed E-state index contributed by atoms with van der Waals surface area (Å²) in [5.74, 6) is 2.01. The lowest BCUT2D eigenvalue weighted by atomic mass is 9.96. The van der Waals surface area contributed by atoms with E-state index in [1.54, 1.807) is 0 Å². The topological polar surface area (TPSA) is 3.24 Å². The van der Waals surface area contributed by atoms with Gasteiger partial charge in [0.25, 0.3) is 0 Å². The van der Waals surface area contributed by atoms with Crippen LogP contribution in [0.4, 0.5) is 0 Å². The highest BCUT2D eigenvalue weighted by Crippen LogP contribution is 2.18. The number of thiol groups is 1. The van der Waals surface area contributed by atoms with Crippen LogP contribution < -0.4 is 0 Å². The van der Waals surface area contributed by atoms with E-state index in [-0.39, 0.29) is 0 Å². The first-order chi connectivity index (χ1) is 5.86. The van der Waals surface area contributed by atoms with E-state index >= 15 is 0 Å². The van der Waals surface area contributed by atoms with Gasteiger partial charge in [-0.25, -0.2) is 0 Å². The molecule has 1 nitrogen and oxygen atoms in total. The first-order valence-corrected chi connectivity index (χ1v) is 5.83. The van der Waals surface area contributed by atoms with Crippen LogP contribution in [0.25, 0.3) is 0 Å². The third-order valence-corrected chi connectivity index (χ3v) is 3.13. The summed E-state index contributed by atoms with van der Waals surface area (Å²) in [6, 6.07) is 0. The lowest BCUT2D eigenvalue weighted by Gasteiger charge is -2.32. The predicted molar refractivity (Wildman–Crippen MR) is 57.9 cm³/mol. The van der Waals surface area contributed by atoms with E-state index in [1.807, 2.05) is 0 Å². The number of hydrogen-bond donors (Lipinski definition) is 1. The van der Waals surface area contributed by atoms with Crippen molar-refractivity contribution in [3.8, 4) is 0 Å². The van der Waals surface area contributed by atoms with Crippen molar-refractivity contribution in [2.24, 2.45) is 5.92 Å². The maximum absolute atomic E-state index is 4.24. The Hall–Kier alpha value is 0.310. The number of piperidine rings is 1. The van der Waals surface area contributed by atoms with Gasteiger partial charge in [0.05, 0.1) is 0 Å². The molecule has 2 heteroatoms. The normalized spacial score (nSPS) is 26.0. The van der Waals surface area contributed by atoms with E-state index in [4.69, 9.17) is 0 Å². The fourth-order valence-corrected chi connectivity index (χ4v) is 2.12. The zero-order valence-electron chi connectivity index (χ0n) is 8.13. The van der Waals surface area contributed by atoms with Crippen molar-refractivity contribution in [2.75, 3.05) is 25.4 Å². The Bertz CT molecular complexity index is 116. The molecule has 1 fully saturated rings. The first-order valence-electron chi connectivity index (χ1n) is 5.20. The van der Waals surface area contributed by atoms with Crippen LogP contribution in [0.5, 0.6) is 0 Å². The molecule has 0 aromatic heterocycles. The Kier molecular flexibility index (Phi) is 5.08. The molecule has 0 aromatic rings. The van der Waals surface area contributed by atoms with Crippen LogP contribution in [0.3, 0.4) is 0 Å². The fraction of sp³-hybridized carbons (Fsp3) is 1.00. The molecule has 0 saturated carbocycles. The SMILES string of the molecule is CCC1CCCN(CCCS)C1. The highest BCUT2D eigenvalue weighted by atomic mass is 32.1. The van der Waals surface area contributed by atoms with Crippen LogP contribution in [0.1, 0.15) is 32.6 Å². The first kappa shape index (κ1) is 10.4. The van der Waals surface area contributed by atoms with Crippen molar-refractivity contribution in [3.05, 3.63) is 0 Å². The molecule has 1 rings (SSSR count). The van der Waals surface area contributed by atoms with Crippen LogP contribution in [-0.2, 0) is 0 Å². The minimum atomic E-state index is 0.971. The Morgan fingerprint density at radius 1 is 1.50 bits per heavy atom. The molecule has 0 spiro atoms. The summed E-state index contributed by atoms with van der Waals surface area (Å²) in [7, 11) is 0. The van der Waals surface area contributed by atoms with Gasteiger partial charge in [0.15, 0.2) is 0 Å². The molecule has 1 atom stereocenters. The Labute approximate surface area is 81.9 Å². The molecule has 0 aliphatic carbocycles. The fourth-order valence-electron chi connectivity index (χ4n) is 1.98. The summed E-state index contributed by atoms with van der Waals surface area (Å²) in [5.41, 5.74) is 0. The molecule has 0 N–H and O–H groups in total. The van der Waals surface area contributed by atoms with Crippen LogP contribution in [-0.4, -0.2) is 30.3 Å². The molecule has 1 aliphatic rings. The third kappa shape index (κ3) is 3.36. The average Bonchev–Trinajstić information content (AvgIpc) is 2.15. The van der Waals surface area contributed by atoms with Crippen molar-refractivity contribution in [2.45, 2.75) is 32.6 Å². The van der Waals surface area contributed by atoms with Gasteiger partial charge >= 0.3 is 0 Å². The quantitative estimate of drug-likeness (QED) is 0.662. The molecular formula is C10H21NS. The molecule has 1 aliphatic heterocycles. The molecule has 0 amide bonds. The third-order valence-electron chi connectivity index (χ3n) is 2.81. The summed E-state index contributed by atoms with van der Waals surface area (Å²) in [6.45, 7) is 6.24. The lowest BCUT2D eigenvalue weighted by molar-refractivity contribution is 0.172. The second-order valence-electron chi connectivity index (χ2n) is 3.79. The second kappa shape index (κ2) is 5.87. The van der Waals surface area contributed by atoms with Crippen LogP contribution in [0.15, 0.2) is 0 Å². The number of likely N-dealkylation sites (tertiary alicyclic amines) is 1. The van der Waals surface area contributed by atoms with E-state index in [0.29, 0.717) is 0 Å². The van der Waals surface area contributed by atoms with Crippen LogP contribution >= 0.6 is 12.6 Å². The largest absolute Gasteiger partial charge is 0.303 e. The van der Waals surface area contributed by atoms with E-state index in [2.05, 4.69) is 24.5 Å². The summed E-state index contributed by atoms with van der Waals surface area (Å²) < 4.78 is 0. The van der Waals surface area contributed by atoms with Gasteiger partial charge in [-0.3, -0.25) is 0 Å². The molecule has 1 heterocycles. The predicted octanol–water partition coefficient (Wildman–Crippen LogP) is 2.43. The van der Waals surface area contributed by atoms with Crippen LogP contribution in [0.2, 0.25) is 0 Å². The molecule has 0 radical (unpaired) electrons. The highest BCUT2D eigenvalue weighted by Gasteiger charge is 2.17. The van der Waals surface area contributed by atoms with Crippen molar-refractivity contribution in [1.29, 1.82) is 0 Å². The van der Waals surface area contributed by atoms with Gasteiger partial charge in [0.1, 0.15) is 0 Å².